The van der Waals surface area contributed by atoms with Gasteiger partial charge in [-0.05, 0) is 6.42 Å². The van der Waals surface area contributed by atoms with E-state index in [0.29, 0.717) is 12.8 Å². The third-order valence-corrected chi connectivity index (χ3v) is 0.924. The zero-order valence-corrected chi connectivity index (χ0v) is 5.62. The molecular weight excluding hydrogens is 132 g/mol. The maximum Gasteiger partial charge on any atom is 0.303 e. The maximum absolute atomic E-state index is 9.93. The van der Waals surface area contributed by atoms with Crippen molar-refractivity contribution in [2.45, 2.75) is 19.3 Å². The van der Waals surface area contributed by atoms with Crippen molar-refractivity contribution in [3.63, 3.8) is 0 Å². The number of carbonyl (C=O) groups excluding carboxylic acids is 1. The van der Waals surface area contributed by atoms with Crippen LogP contribution in [0.5, 0.6) is 0 Å². The van der Waals surface area contributed by atoms with Crippen LogP contribution in [0.1, 0.15) is 19.3 Å². The lowest BCUT2D eigenvalue weighted by Crippen LogP contribution is -1.91. The molecule has 0 aromatic heterocycles. The summed E-state index contributed by atoms with van der Waals surface area (Å²) in [5.41, 5.74) is 0. The van der Waals surface area contributed by atoms with Crippen LogP contribution in [-0.4, -0.2) is 17.4 Å². The van der Waals surface area contributed by atoms with Crippen molar-refractivity contribution in [2.75, 3.05) is 0 Å². The monoisotopic (exact) mass is 142 g/mol. The van der Waals surface area contributed by atoms with Gasteiger partial charge in [0.15, 0.2) is 0 Å². The van der Waals surface area contributed by atoms with Crippen LogP contribution in [0.3, 0.4) is 0 Å². The highest BCUT2D eigenvalue weighted by atomic mass is 16.4. The molecule has 0 saturated carbocycles. The van der Waals surface area contributed by atoms with E-state index in [1.807, 2.05) is 0 Å². The molecule has 0 aliphatic heterocycles. The number of hydrogen-bond acceptors (Lipinski definition) is 2. The standard InChI is InChI=1S/C7H10O3/c8-6-4-2-1-3-5-7(9)10/h1-2,6H,3-5H2,(H,9,10)/b2-1+. The normalized spacial score (nSPS) is 10.0. The van der Waals surface area contributed by atoms with Crippen molar-refractivity contribution >= 4 is 12.3 Å². The van der Waals surface area contributed by atoms with Crippen LogP contribution >= 0.6 is 0 Å². The van der Waals surface area contributed by atoms with Gasteiger partial charge in [0.1, 0.15) is 6.29 Å². The quantitative estimate of drug-likeness (QED) is 0.460. The van der Waals surface area contributed by atoms with E-state index in [1.165, 1.54) is 0 Å². The van der Waals surface area contributed by atoms with Gasteiger partial charge in [-0.15, -0.1) is 0 Å². The number of carbonyl (C=O) groups is 2. The minimum absolute atomic E-state index is 0.134. The summed E-state index contributed by atoms with van der Waals surface area (Å²) in [6, 6.07) is 0. The molecule has 0 rings (SSSR count). The lowest BCUT2D eigenvalue weighted by atomic mass is 10.3. The van der Waals surface area contributed by atoms with E-state index in [0.717, 1.165) is 6.29 Å². The molecule has 10 heavy (non-hydrogen) atoms. The summed E-state index contributed by atoms with van der Waals surface area (Å²) in [6.07, 6.45) is 5.15. The topological polar surface area (TPSA) is 54.4 Å². The number of aldehydes is 1. The van der Waals surface area contributed by atoms with Crippen molar-refractivity contribution in [3.8, 4) is 0 Å². The third-order valence-electron chi connectivity index (χ3n) is 0.924. The first-order chi connectivity index (χ1) is 4.77. The fourth-order valence-electron chi connectivity index (χ4n) is 0.476. The summed E-state index contributed by atoms with van der Waals surface area (Å²) >= 11 is 0. The molecule has 0 aromatic rings. The van der Waals surface area contributed by atoms with Gasteiger partial charge in [-0.1, -0.05) is 12.2 Å². The Hall–Kier alpha value is -1.12. The minimum Gasteiger partial charge on any atom is -0.481 e. The lowest BCUT2D eigenvalue weighted by molar-refractivity contribution is -0.136. The van der Waals surface area contributed by atoms with Crippen LogP contribution in [0, 0.1) is 0 Å². The van der Waals surface area contributed by atoms with E-state index >= 15 is 0 Å². The molecule has 3 heteroatoms. The van der Waals surface area contributed by atoms with E-state index in [4.69, 9.17) is 5.11 Å². The highest BCUT2D eigenvalue weighted by Gasteiger charge is 1.90. The van der Waals surface area contributed by atoms with Gasteiger partial charge in [0.25, 0.3) is 0 Å². The summed E-state index contributed by atoms with van der Waals surface area (Å²) in [4.78, 5) is 19.7. The molecule has 0 aliphatic rings. The third kappa shape index (κ3) is 6.88. The van der Waals surface area contributed by atoms with Crippen molar-refractivity contribution in [3.05, 3.63) is 12.2 Å². The molecule has 0 heterocycles. The van der Waals surface area contributed by atoms with Gasteiger partial charge in [-0.3, -0.25) is 4.79 Å². The highest BCUT2D eigenvalue weighted by Crippen LogP contribution is 1.90. The number of aliphatic carboxylic acids is 1. The van der Waals surface area contributed by atoms with Crippen LogP contribution in [-0.2, 0) is 9.59 Å². The Morgan fingerprint density at radius 2 is 2.10 bits per heavy atom. The number of carboxylic acid groups (broad SMARTS) is 1. The average Bonchev–Trinajstić information content (AvgIpc) is 1.87. The first kappa shape index (κ1) is 8.88. The van der Waals surface area contributed by atoms with Crippen molar-refractivity contribution in [1.82, 2.24) is 0 Å². The van der Waals surface area contributed by atoms with E-state index in [1.54, 1.807) is 12.2 Å². The zero-order chi connectivity index (χ0) is 7.82. The fraction of sp³-hybridized carbons (Fsp3) is 0.429. The molecule has 56 valence electrons. The molecule has 0 atom stereocenters. The largest absolute Gasteiger partial charge is 0.481 e. The summed E-state index contributed by atoms with van der Waals surface area (Å²) < 4.78 is 0. The second-order valence-corrected chi connectivity index (χ2v) is 1.81. The predicted octanol–water partition coefficient (Wildman–Crippen LogP) is 0.996. The van der Waals surface area contributed by atoms with Gasteiger partial charge in [-0.25, -0.2) is 0 Å². The Morgan fingerprint density at radius 1 is 1.40 bits per heavy atom. The first-order valence-electron chi connectivity index (χ1n) is 3.08. The molecule has 0 radical (unpaired) electrons. The van der Waals surface area contributed by atoms with Crippen molar-refractivity contribution in [2.24, 2.45) is 0 Å². The van der Waals surface area contributed by atoms with Gasteiger partial charge in [0.05, 0.1) is 0 Å². The van der Waals surface area contributed by atoms with Crippen LogP contribution in [0.25, 0.3) is 0 Å². The Kier molecular flexibility index (Phi) is 5.33. The molecule has 0 aromatic carbocycles. The molecular formula is C7H10O3. The highest BCUT2D eigenvalue weighted by molar-refractivity contribution is 5.66. The SMILES string of the molecule is O=CC/C=C/CCC(=O)O. The number of carboxylic acids is 1. The van der Waals surface area contributed by atoms with Gasteiger partial charge in [0.2, 0.25) is 0 Å². The number of rotatable bonds is 5. The summed E-state index contributed by atoms with van der Waals surface area (Å²) in [5, 5.41) is 8.17. The van der Waals surface area contributed by atoms with Crippen LogP contribution in [0.15, 0.2) is 12.2 Å². The molecule has 0 spiro atoms. The molecule has 0 amide bonds. The minimum atomic E-state index is -0.809. The van der Waals surface area contributed by atoms with E-state index in [2.05, 4.69) is 0 Å². The lowest BCUT2D eigenvalue weighted by Gasteiger charge is -1.84. The number of allylic oxidation sites excluding steroid dienone is 2. The zero-order valence-electron chi connectivity index (χ0n) is 5.62. The van der Waals surface area contributed by atoms with Gasteiger partial charge >= 0.3 is 5.97 Å². The molecule has 1 N–H and O–H groups in total. The molecule has 0 saturated heterocycles. The van der Waals surface area contributed by atoms with E-state index in [-0.39, 0.29) is 6.42 Å². The van der Waals surface area contributed by atoms with Crippen molar-refractivity contribution < 1.29 is 14.7 Å². The van der Waals surface area contributed by atoms with Crippen molar-refractivity contribution in [1.29, 1.82) is 0 Å². The summed E-state index contributed by atoms with van der Waals surface area (Å²) in [6.45, 7) is 0. The average molecular weight is 142 g/mol. The van der Waals surface area contributed by atoms with Gasteiger partial charge in [0, 0.05) is 12.8 Å². The van der Waals surface area contributed by atoms with Gasteiger partial charge < -0.3 is 9.90 Å². The van der Waals surface area contributed by atoms with Crippen LogP contribution in [0.2, 0.25) is 0 Å². The van der Waals surface area contributed by atoms with E-state index < -0.39 is 5.97 Å². The molecule has 0 bridgehead atoms. The van der Waals surface area contributed by atoms with E-state index in [9.17, 15) is 9.59 Å². The molecule has 3 nitrogen and oxygen atoms in total. The molecule has 0 aliphatic carbocycles. The number of hydrogen-bond donors (Lipinski definition) is 1. The van der Waals surface area contributed by atoms with Crippen LogP contribution < -0.4 is 0 Å². The van der Waals surface area contributed by atoms with Gasteiger partial charge in [-0.2, -0.15) is 0 Å². The Labute approximate surface area is 59.4 Å². The maximum atomic E-state index is 9.93. The first-order valence-corrected chi connectivity index (χ1v) is 3.08. The second kappa shape index (κ2) is 6.01. The predicted molar refractivity (Wildman–Crippen MR) is 36.7 cm³/mol. The smallest absolute Gasteiger partial charge is 0.303 e. The molecule has 0 fully saturated rings. The Balaban J connectivity index is 3.18. The molecule has 0 unspecified atom stereocenters. The second-order valence-electron chi connectivity index (χ2n) is 1.81. The Bertz CT molecular complexity index is 138. The van der Waals surface area contributed by atoms with Crippen LogP contribution in [0.4, 0.5) is 0 Å². The summed E-state index contributed by atoms with van der Waals surface area (Å²) in [5.74, 6) is -0.809. The Morgan fingerprint density at radius 3 is 2.60 bits per heavy atom. The fourth-order valence-corrected chi connectivity index (χ4v) is 0.476. The summed E-state index contributed by atoms with van der Waals surface area (Å²) in [7, 11) is 0.